The van der Waals surface area contributed by atoms with Gasteiger partial charge in [0.05, 0.1) is 11.6 Å². The Morgan fingerprint density at radius 3 is 2.76 bits per heavy atom. The van der Waals surface area contributed by atoms with Gasteiger partial charge in [-0.1, -0.05) is 18.2 Å². The van der Waals surface area contributed by atoms with Gasteiger partial charge in [0.1, 0.15) is 0 Å². The third-order valence-corrected chi connectivity index (χ3v) is 5.18. The van der Waals surface area contributed by atoms with Crippen LogP contribution in [0.4, 0.5) is 0 Å². The maximum atomic E-state index is 5.87. The minimum absolute atomic E-state index is 0.117. The van der Waals surface area contributed by atoms with E-state index in [1.807, 2.05) is 0 Å². The molecule has 21 heavy (non-hydrogen) atoms. The average molecular weight is 290 g/mol. The van der Waals surface area contributed by atoms with Gasteiger partial charge in [-0.3, -0.25) is 11.3 Å². The molecule has 116 valence electrons. The van der Waals surface area contributed by atoms with Crippen LogP contribution in [0.25, 0.3) is 0 Å². The molecule has 1 atom stereocenters. The summed E-state index contributed by atoms with van der Waals surface area (Å²) in [5, 5.41) is 0. The summed E-state index contributed by atoms with van der Waals surface area (Å²) in [6.07, 6.45) is 6.42. The zero-order chi connectivity index (χ0) is 14.7. The lowest BCUT2D eigenvalue weighted by atomic mass is 9.82. The van der Waals surface area contributed by atoms with Crippen LogP contribution in [0.15, 0.2) is 18.2 Å². The highest BCUT2D eigenvalue weighted by Gasteiger charge is 2.40. The molecule has 3 rings (SSSR count). The van der Waals surface area contributed by atoms with Crippen LogP contribution in [0.1, 0.15) is 36.0 Å². The van der Waals surface area contributed by atoms with E-state index in [-0.39, 0.29) is 11.6 Å². The minimum Gasteiger partial charge on any atom is -0.381 e. The quantitative estimate of drug-likeness (QED) is 0.641. The van der Waals surface area contributed by atoms with Crippen LogP contribution in [-0.4, -0.2) is 32.0 Å². The molecular formula is C17H26N2O2. The molecule has 4 heteroatoms. The van der Waals surface area contributed by atoms with Crippen molar-refractivity contribution in [3.8, 4) is 0 Å². The van der Waals surface area contributed by atoms with E-state index in [1.54, 1.807) is 7.11 Å². The number of ether oxygens (including phenoxy) is 2. The van der Waals surface area contributed by atoms with E-state index >= 15 is 0 Å². The summed E-state index contributed by atoms with van der Waals surface area (Å²) in [5.74, 6) is 5.85. The number of nitrogens with two attached hydrogens (primary N) is 1. The van der Waals surface area contributed by atoms with Crippen LogP contribution in [0.5, 0.6) is 0 Å². The Morgan fingerprint density at radius 2 is 2.05 bits per heavy atom. The summed E-state index contributed by atoms with van der Waals surface area (Å²) in [5.41, 5.74) is 7.16. The van der Waals surface area contributed by atoms with E-state index in [1.165, 1.54) is 36.0 Å². The zero-order valence-electron chi connectivity index (χ0n) is 12.9. The molecule has 2 aliphatic rings. The van der Waals surface area contributed by atoms with Crippen molar-refractivity contribution in [1.82, 2.24) is 5.43 Å². The van der Waals surface area contributed by atoms with Gasteiger partial charge < -0.3 is 9.47 Å². The molecular weight excluding hydrogens is 264 g/mol. The Bertz CT molecular complexity index is 484. The molecule has 1 aromatic carbocycles. The second-order valence-corrected chi connectivity index (χ2v) is 6.26. The molecule has 0 amide bonds. The van der Waals surface area contributed by atoms with Crippen molar-refractivity contribution in [1.29, 1.82) is 0 Å². The molecule has 0 bridgehead atoms. The Labute approximate surface area is 127 Å². The predicted octanol–water partition coefficient (Wildman–Crippen LogP) is 1.75. The standard InChI is InChI=1S/C17H26N2O2/c1-20-17(7-9-21-10-8-17)16(19-18)12-13-5-6-14-3-2-4-15(14)11-13/h5-6,11,16,19H,2-4,7-10,12,18H2,1H3. The minimum atomic E-state index is -0.216. The maximum Gasteiger partial charge on any atom is 0.0891 e. The fourth-order valence-corrected chi connectivity index (χ4v) is 3.80. The number of hydrazine groups is 1. The third kappa shape index (κ3) is 2.99. The van der Waals surface area contributed by atoms with E-state index in [0.29, 0.717) is 0 Å². The Kier molecular flexibility index (Phi) is 4.60. The lowest BCUT2D eigenvalue weighted by molar-refractivity contribution is -0.110. The number of benzene rings is 1. The van der Waals surface area contributed by atoms with Crippen LogP contribution in [-0.2, 0) is 28.7 Å². The molecule has 3 N–H and O–H groups in total. The normalized spacial score (nSPS) is 22.0. The first kappa shape index (κ1) is 15.0. The molecule has 1 fully saturated rings. The fraction of sp³-hybridized carbons (Fsp3) is 0.647. The SMILES string of the molecule is COC1(C(Cc2ccc3c(c2)CCC3)NN)CCOCC1. The Hall–Kier alpha value is -0.940. The first-order valence-electron chi connectivity index (χ1n) is 7.97. The second-order valence-electron chi connectivity index (χ2n) is 6.26. The summed E-state index contributed by atoms with van der Waals surface area (Å²) < 4.78 is 11.4. The van der Waals surface area contributed by atoms with Crippen LogP contribution in [0.2, 0.25) is 0 Å². The molecule has 0 spiro atoms. The number of rotatable bonds is 5. The van der Waals surface area contributed by atoms with E-state index < -0.39 is 0 Å². The number of hydrogen-bond donors (Lipinski definition) is 2. The van der Waals surface area contributed by atoms with Crippen LogP contribution >= 0.6 is 0 Å². The largest absolute Gasteiger partial charge is 0.381 e. The van der Waals surface area contributed by atoms with E-state index in [4.69, 9.17) is 15.3 Å². The maximum absolute atomic E-state index is 5.87. The summed E-state index contributed by atoms with van der Waals surface area (Å²) in [7, 11) is 1.79. The highest BCUT2D eigenvalue weighted by atomic mass is 16.5. The van der Waals surface area contributed by atoms with Gasteiger partial charge in [-0.15, -0.1) is 0 Å². The fourth-order valence-electron chi connectivity index (χ4n) is 3.80. The summed E-state index contributed by atoms with van der Waals surface area (Å²) in [4.78, 5) is 0. The van der Waals surface area contributed by atoms with E-state index in [0.717, 1.165) is 32.5 Å². The van der Waals surface area contributed by atoms with Crippen molar-refractivity contribution < 1.29 is 9.47 Å². The molecule has 0 saturated carbocycles. The molecule has 1 aliphatic heterocycles. The van der Waals surface area contributed by atoms with Crippen LogP contribution < -0.4 is 11.3 Å². The molecule has 1 aliphatic carbocycles. The molecule has 1 aromatic rings. The smallest absolute Gasteiger partial charge is 0.0891 e. The first-order valence-corrected chi connectivity index (χ1v) is 7.97. The summed E-state index contributed by atoms with van der Waals surface area (Å²) in [6, 6.07) is 7.01. The molecule has 4 nitrogen and oxygen atoms in total. The first-order chi connectivity index (χ1) is 10.3. The predicted molar refractivity (Wildman–Crippen MR) is 83.1 cm³/mol. The van der Waals surface area contributed by atoms with Gasteiger partial charge in [0.2, 0.25) is 0 Å². The number of nitrogens with one attached hydrogen (secondary N) is 1. The van der Waals surface area contributed by atoms with Gasteiger partial charge in [0.15, 0.2) is 0 Å². The van der Waals surface area contributed by atoms with Crippen molar-refractivity contribution in [3.63, 3.8) is 0 Å². The third-order valence-electron chi connectivity index (χ3n) is 5.18. The van der Waals surface area contributed by atoms with Crippen molar-refractivity contribution in [2.24, 2.45) is 5.84 Å². The Morgan fingerprint density at radius 1 is 1.29 bits per heavy atom. The lowest BCUT2D eigenvalue weighted by Gasteiger charge is -2.42. The summed E-state index contributed by atoms with van der Waals surface area (Å²) >= 11 is 0. The zero-order valence-corrected chi connectivity index (χ0v) is 12.9. The second kappa shape index (κ2) is 6.44. The number of methoxy groups -OCH3 is 1. The van der Waals surface area contributed by atoms with Crippen LogP contribution in [0.3, 0.4) is 0 Å². The van der Waals surface area contributed by atoms with Crippen molar-refractivity contribution in [2.75, 3.05) is 20.3 Å². The molecule has 0 radical (unpaired) electrons. The molecule has 1 saturated heterocycles. The van der Waals surface area contributed by atoms with E-state index in [2.05, 4.69) is 23.6 Å². The number of fused-ring (bicyclic) bond motifs is 1. The van der Waals surface area contributed by atoms with Gasteiger partial charge in [-0.2, -0.15) is 0 Å². The van der Waals surface area contributed by atoms with Gasteiger partial charge in [0.25, 0.3) is 0 Å². The molecule has 1 heterocycles. The average Bonchev–Trinajstić information content (AvgIpc) is 3.01. The van der Waals surface area contributed by atoms with Crippen molar-refractivity contribution in [3.05, 3.63) is 34.9 Å². The van der Waals surface area contributed by atoms with Crippen molar-refractivity contribution >= 4 is 0 Å². The van der Waals surface area contributed by atoms with Crippen molar-refractivity contribution in [2.45, 2.75) is 50.2 Å². The van der Waals surface area contributed by atoms with Gasteiger partial charge in [0, 0.05) is 33.2 Å². The number of hydrogen-bond acceptors (Lipinski definition) is 4. The highest BCUT2D eigenvalue weighted by molar-refractivity contribution is 5.35. The van der Waals surface area contributed by atoms with Gasteiger partial charge in [-0.25, -0.2) is 0 Å². The molecule has 1 unspecified atom stereocenters. The Balaban J connectivity index is 1.77. The molecule has 0 aromatic heterocycles. The van der Waals surface area contributed by atoms with Gasteiger partial charge in [-0.05, 0) is 42.4 Å². The highest BCUT2D eigenvalue weighted by Crippen LogP contribution is 2.31. The number of aryl methyl sites for hydroxylation is 2. The monoisotopic (exact) mass is 290 g/mol. The summed E-state index contributed by atoms with van der Waals surface area (Å²) in [6.45, 7) is 1.49. The van der Waals surface area contributed by atoms with Crippen LogP contribution in [0, 0.1) is 0 Å². The van der Waals surface area contributed by atoms with E-state index in [9.17, 15) is 0 Å². The topological polar surface area (TPSA) is 56.5 Å². The lowest BCUT2D eigenvalue weighted by Crippen LogP contribution is -2.58. The van der Waals surface area contributed by atoms with Gasteiger partial charge >= 0.3 is 0 Å².